The van der Waals surface area contributed by atoms with Gasteiger partial charge in [-0.15, -0.1) is 0 Å². The summed E-state index contributed by atoms with van der Waals surface area (Å²) in [6, 6.07) is 12.0. The fraction of sp³-hybridized carbons (Fsp3) is 0.357. The maximum atomic E-state index is 13.1. The summed E-state index contributed by atoms with van der Waals surface area (Å²) in [6.07, 6.45) is 5.09. The number of hydrogen-bond donors (Lipinski definition) is 0. The minimum atomic E-state index is -0.594. The van der Waals surface area contributed by atoms with Crippen LogP contribution in [0.3, 0.4) is 0 Å². The van der Waals surface area contributed by atoms with E-state index in [2.05, 4.69) is 12.2 Å². The first-order chi connectivity index (χ1) is 17.4. The third-order valence-electron chi connectivity index (χ3n) is 7.94. The van der Waals surface area contributed by atoms with Gasteiger partial charge in [0.1, 0.15) is 11.5 Å². The van der Waals surface area contributed by atoms with Crippen LogP contribution in [-0.2, 0) is 19.2 Å². The second-order valence-electron chi connectivity index (χ2n) is 9.98. The van der Waals surface area contributed by atoms with E-state index >= 15 is 0 Å². The normalized spacial score (nSPS) is 28.3. The van der Waals surface area contributed by atoms with Gasteiger partial charge in [0.2, 0.25) is 17.7 Å². The summed E-state index contributed by atoms with van der Waals surface area (Å²) in [6.45, 7) is 2.02. The Hall–Kier alpha value is -3.94. The first kappa shape index (κ1) is 22.5. The summed E-state index contributed by atoms with van der Waals surface area (Å²) in [4.78, 5) is 54.6. The average Bonchev–Trinajstić information content (AvgIpc) is 3.64. The average molecular weight is 487 g/mol. The van der Waals surface area contributed by atoms with Crippen molar-refractivity contribution in [1.82, 2.24) is 0 Å². The molecule has 184 valence electrons. The molecule has 2 aliphatic heterocycles. The van der Waals surface area contributed by atoms with Crippen LogP contribution in [0.15, 0.2) is 54.6 Å². The smallest absolute Gasteiger partial charge is 0.316 e. The fourth-order valence-corrected chi connectivity index (χ4v) is 6.16. The molecule has 0 N–H and O–H groups in total. The first-order valence-electron chi connectivity index (χ1n) is 12.2. The van der Waals surface area contributed by atoms with Gasteiger partial charge in [0.05, 0.1) is 30.6 Å². The zero-order chi connectivity index (χ0) is 25.1. The first-order valence-corrected chi connectivity index (χ1v) is 12.2. The number of carbonyl (C=O) groups is 4. The lowest BCUT2D eigenvalue weighted by Gasteiger charge is -2.20. The Labute approximate surface area is 208 Å². The van der Waals surface area contributed by atoms with Gasteiger partial charge in [-0.1, -0.05) is 12.2 Å². The number of allylic oxidation sites excluding steroid dienone is 2. The molecule has 1 saturated carbocycles. The predicted molar refractivity (Wildman–Crippen MR) is 130 cm³/mol. The van der Waals surface area contributed by atoms with Gasteiger partial charge in [-0.2, -0.15) is 0 Å². The number of nitrogens with zero attached hydrogens (tertiary/aromatic N) is 2. The molecular weight excluding hydrogens is 460 g/mol. The molecule has 2 bridgehead atoms. The number of methoxy groups -OCH3 is 1. The van der Waals surface area contributed by atoms with Crippen LogP contribution in [-0.4, -0.2) is 37.3 Å². The van der Waals surface area contributed by atoms with Gasteiger partial charge in [0.25, 0.3) is 0 Å². The second kappa shape index (κ2) is 8.33. The van der Waals surface area contributed by atoms with Crippen molar-refractivity contribution < 1.29 is 28.7 Å². The van der Waals surface area contributed by atoms with Crippen molar-refractivity contribution in [3.8, 4) is 11.5 Å². The van der Waals surface area contributed by atoms with Crippen LogP contribution in [0.5, 0.6) is 11.5 Å². The van der Waals surface area contributed by atoms with E-state index in [0.29, 0.717) is 28.4 Å². The van der Waals surface area contributed by atoms with Gasteiger partial charge in [-0.3, -0.25) is 19.2 Å². The number of fused-ring (bicyclic) bond motifs is 5. The number of ether oxygens (including phenoxy) is 2. The van der Waals surface area contributed by atoms with E-state index in [1.54, 1.807) is 61.4 Å². The molecule has 0 radical (unpaired) electrons. The van der Waals surface area contributed by atoms with Gasteiger partial charge in [-0.25, -0.2) is 4.90 Å². The van der Waals surface area contributed by atoms with Gasteiger partial charge in [0, 0.05) is 18.7 Å². The number of benzene rings is 2. The molecule has 0 spiro atoms. The topological polar surface area (TPSA) is 93.2 Å². The van der Waals surface area contributed by atoms with Crippen molar-refractivity contribution >= 4 is 35.1 Å². The molecule has 0 aromatic heterocycles. The van der Waals surface area contributed by atoms with E-state index in [1.165, 1.54) is 4.90 Å². The molecule has 36 heavy (non-hydrogen) atoms. The van der Waals surface area contributed by atoms with E-state index in [-0.39, 0.29) is 54.4 Å². The summed E-state index contributed by atoms with van der Waals surface area (Å²) >= 11 is 0. The zero-order valence-electron chi connectivity index (χ0n) is 20.0. The lowest BCUT2D eigenvalue weighted by Crippen LogP contribution is -2.33. The molecule has 2 aromatic carbocycles. The molecule has 3 amide bonds. The number of anilines is 2. The van der Waals surface area contributed by atoms with Crippen LogP contribution < -0.4 is 19.3 Å². The van der Waals surface area contributed by atoms with Crippen LogP contribution in [0.1, 0.15) is 18.4 Å². The minimum absolute atomic E-state index is 0.0673. The highest BCUT2D eigenvalue weighted by atomic mass is 16.5. The SMILES string of the molecule is COc1ccc(N2C[C@@H](C(=O)Oc3ccc(N4C(=O)[C@@H]5[C@@H](C4=O)[C@H]4C=C[C@@H]5C4)c(C)c3)CC2=O)cc1. The van der Waals surface area contributed by atoms with Crippen LogP contribution in [0.2, 0.25) is 0 Å². The molecule has 4 aliphatic rings. The van der Waals surface area contributed by atoms with E-state index in [0.717, 1.165) is 6.42 Å². The highest BCUT2D eigenvalue weighted by molar-refractivity contribution is 6.23. The Morgan fingerprint density at radius 1 is 0.917 bits per heavy atom. The van der Waals surface area contributed by atoms with Crippen molar-refractivity contribution in [2.24, 2.45) is 29.6 Å². The number of imide groups is 1. The lowest BCUT2D eigenvalue weighted by atomic mass is 9.85. The minimum Gasteiger partial charge on any atom is -0.497 e. The predicted octanol–water partition coefficient (Wildman–Crippen LogP) is 3.27. The van der Waals surface area contributed by atoms with E-state index in [9.17, 15) is 19.2 Å². The quantitative estimate of drug-likeness (QED) is 0.279. The molecule has 0 unspecified atom stereocenters. The Balaban J connectivity index is 1.14. The van der Waals surface area contributed by atoms with E-state index in [1.807, 2.05) is 0 Å². The lowest BCUT2D eigenvalue weighted by molar-refractivity contribution is -0.139. The summed E-state index contributed by atoms with van der Waals surface area (Å²) in [5.41, 5.74) is 1.90. The van der Waals surface area contributed by atoms with E-state index in [4.69, 9.17) is 9.47 Å². The third-order valence-corrected chi connectivity index (χ3v) is 7.94. The monoisotopic (exact) mass is 486 g/mol. The van der Waals surface area contributed by atoms with Gasteiger partial charge in [-0.05, 0) is 73.2 Å². The van der Waals surface area contributed by atoms with Crippen molar-refractivity contribution in [1.29, 1.82) is 0 Å². The molecule has 8 nitrogen and oxygen atoms in total. The molecule has 3 fully saturated rings. The Morgan fingerprint density at radius 2 is 1.56 bits per heavy atom. The van der Waals surface area contributed by atoms with Crippen LogP contribution in [0.4, 0.5) is 11.4 Å². The van der Waals surface area contributed by atoms with Crippen molar-refractivity contribution in [2.75, 3.05) is 23.5 Å². The molecule has 5 atom stereocenters. The number of esters is 1. The maximum Gasteiger partial charge on any atom is 0.316 e. The number of amides is 3. The number of rotatable bonds is 5. The Bertz CT molecular complexity index is 1290. The van der Waals surface area contributed by atoms with Crippen LogP contribution >= 0.6 is 0 Å². The Kier molecular flexibility index (Phi) is 5.21. The standard InChI is InChI=1S/C28H26N2O6/c1-15-11-21(9-10-22(15)30-26(32)24-16-3-4-17(12-16)25(24)27(30)33)36-28(34)18-13-23(31)29(14-18)19-5-7-20(35-2)8-6-19/h3-11,16-18,24-25H,12-14H2,1-2H3/t16-,17+,18-,24-,25-/m0/s1. The van der Waals surface area contributed by atoms with E-state index < -0.39 is 11.9 Å². The number of aryl methyl sites for hydroxylation is 1. The molecule has 2 heterocycles. The molecule has 6 rings (SSSR count). The van der Waals surface area contributed by atoms with Gasteiger partial charge >= 0.3 is 5.97 Å². The molecule has 8 heteroatoms. The Morgan fingerprint density at radius 3 is 2.17 bits per heavy atom. The number of carbonyl (C=O) groups excluding carboxylic acids is 4. The van der Waals surface area contributed by atoms with Crippen molar-refractivity contribution in [3.05, 3.63) is 60.2 Å². The highest BCUT2D eigenvalue weighted by Gasteiger charge is 2.59. The van der Waals surface area contributed by atoms with Crippen molar-refractivity contribution in [3.63, 3.8) is 0 Å². The molecule has 2 aromatic rings. The summed E-state index contributed by atoms with van der Waals surface area (Å²) in [7, 11) is 1.57. The summed E-state index contributed by atoms with van der Waals surface area (Å²) in [5, 5.41) is 0. The summed E-state index contributed by atoms with van der Waals surface area (Å²) in [5.74, 6) is -0.745. The van der Waals surface area contributed by atoms with Crippen LogP contribution in [0, 0.1) is 36.5 Å². The molecule has 2 aliphatic carbocycles. The maximum absolute atomic E-state index is 13.1. The molecule has 2 saturated heterocycles. The zero-order valence-corrected chi connectivity index (χ0v) is 20.0. The summed E-state index contributed by atoms with van der Waals surface area (Å²) < 4.78 is 10.8. The van der Waals surface area contributed by atoms with Crippen molar-refractivity contribution in [2.45, 2.75) is 19.8 Å². The molecular formula is C28H26N2O6. The fourth-order valence-electron chi connectivity index (χ4n) is 6.16. The van der Waals surface area contributed by atoms with Crippen LogP contribution in [0.25, 0.3) is 0 Å². The third kappa shape index (κ3) is 3.43. The second-order valence-corrected chi connectivity index (χ2v) is 9.98. The largest absolute Gasteiger partial charge is 0.497 e. The van der Waals surface area contributed by atoms with Gasteiger partial charge in [0.15, 0.2) is 0 Å². The number of hydrogen-bond acceptors (Lipinski definition) is 6. The van der Waals surface area contributed by atoms with Gasteiger partial charge < -0.3 is 14.4 Å². The highest BCUT2D eigenvalue weighted by Crippen LogP contribution is 2.53.